The summed E-state index contributed by atoms with van der Waals surface area (Å²) in [6, 6.07) is 0. The predicted molar refractivity (Wildman–Crippen MR) is 106 cm³/mol. The van der Waals surface area contributed by atoms with Crippen LogP contribution in [0, 0.1) is 17.3 Å². The Hall–Kier alpha value is -0.0400. The van der Waals surface area contributed by atoms with Gasteiger partial charge in [-0.25, -0.2) is 0 Å². The molecule has 1 atom stereocenters. The summed E-state index contributed by atoms with van der Waals surface area (Å²) in [5.41, 5.74) is 0.256. The van der Waals surface area contributed by atoms with Gasteiger partial charge in [0.25, 0.3) is 0 Å². The van der Waals surface area contributed by atoms with E-state index in [0.717, 1.165) is 38.8 Å². The second-order valence-corrected chi connectivity index (χ2v) is 7.54. The second kappa shape index (κ2) is 10.7. The van der Waals surface area contributed by atoms with Crippen LogP contribution in [-0.4, -0.2) is 50.8 Å². The van der Waals surface area contributed by atoms with Gasteiger partial charge < -0.3 is 15.0 Å². The topological polar surface area (TPSA) is 36.9 Å². The maximum Gasteiger partial charge on any atom is 0.193 e. The van der Waals surface area contributed by atoms with Crippen LogP contribution in [0.5, 0.6) is 0 Å². The van der Waals surface area contributed by atoms with Crippen LogP contribution in [-0.2, 0) is 4.74 Å². The van der Waals surface area contributed by atoms with Crippen LogP contribution in [0.4, 0.5) is 0 Å². The number of ether oxygens (including phenoxy) is 1. The van der Waals surface area contributed by atoms with Crippen LogP contribution in [0.1, 0.15) is 47.5 Å². The molecule has 5 heteroatoms. The van der Waals surface area contributed by atoms with Crippen molar-refractivity contribution in [2.24, 2.45) is 22.2 Å². The molecule has 0 bridgehead atoms. The van der Waals surface area contributed by atoms with Crippen LogP contribution in [0.2, 0.25) is 0 Å². The van der Waals surface area contributed by atoms with Crippen LogP contribution in [0.25, 0.3) is 0 Å². The fraction of sp³-hybridized carbons (Fsp3) is 0.941. The summed E-state index contributed by atoms with van der Waals surface area (Å²) in [6.07, 6.45) is 2.37. The van der Waals surface area contributed by atoms with Crippen LogP contribution in [0.3, 0.4) is 0 Å². The smallest absolute Gasteiger partial charge is 0.193 e. The molecule has 1 saturated heterocycles. The van der Waals surface area contributed by atoms with Crippen molar-refractivity contribution in [2.45, 2.75) is 47.5 Å². The van der Waals surface area contributed by atoms with Crippen molar-refractivity contribution in [1.82, 2.24) is 10.2 Å². The molecule has 1 rings (SSSR count). The highest BCUT2D eigenvalue weighted by molar-refractivity contribution is 14.0. The number of nitrogens with zero attached hydrogens (tertiary/aromatic N) is 2. The number of guanidine groups is 1. The van der Waals surface area contributed by atoms with Crippen molar-refractivity contribution >= 4 is 29.9 Å². The molecule has 1 N–H and O–H groups in total. The van der Waals surface area contributed by atoms with Gasteiger partial charge in [0.1, 0.15) is 0 Å². The summed E-state index contributed by atoms with van der Waals surface area (Å²) in [7, 11) is 2.13. The van der Waals surface area contributed by atoms with Crippen molar-refractivity contribution in [1.29, 1.82) is 0 Å². The number of halogens is 1. The highest BCUT2D eigenvalue weighted by Gasteiger charge is 2.21. The molecule has 0 aromatic carbocycles. The molecule has 1 aliphatic heterocycles. The van der Waals surface area contributed by atoms with E-state index >= 15 is 0 Å². The first-order valence-electron chi connectivity index (χ1n) is 8.41. The van der Waals surface area contributed by atoms with Gasteiger partial charge in [-0.15, -0.1) is 24.0 Å². The van der Waals surface area contributed by atoms with E-state index in [0.29, 0.717) is 11.8 Å². The van der Waals surface area contributed by atoms with Crippen LogP contribution in [0.15, 0.2) is 4.99 Å². The van der Waals surface area contributed by atoms with Crippen molar-refractivity contribution in [3.63, 3.8) is 0 Å². The molecule has 0 aliphatic carbocycles. The zero-order valence-corrected chi connectivity index (χ0v) is 17.6. The predicted octanol–water partition coefficient (Wildman–Crippen LogP) is 3.61. The fourth-order valence-electron chi connectivity index (χ4n) is 3.13. The molecule has 132 valence electrons. The van der Waals surface area contributed by atoms with E-state index in [1.807, 2.05) is 0 Å². The average Bonchev–Trinajstić information content (AvgIpc) is 2.85. The van der Waals surface area contributed by atoms with Gasteiger partial charge in [0.2, 0.25) is 0 Å². The van der Waals surface area contributed by atoms with Gasteiger partial charge >= 0.3 is 0 Å². The largest absolute Gasteiger partial charge is 0.381 e. The number of nitrogens with one attached hydrogen (secondary N) is 1. The monoisotopic (exact) mass is 425 g/mol. The Morgan fingerprint density at radius 2 is 2.09 bits per heavy atom. The lowest BCUT2D eigenvalue weighted by Crippen LogP contribution is -2.42. The summed E-state index contributed by atoms with van der Waals surface area (Å²) in [5, 5.41) is 3.42. The quantitative estimate of drug-likeness (QED) is 0.385. The first-order valence-corrected chi connectivity index (χ1v) is 8.41. The van der Waals surface area contributed by atoms with E-state index in [2.05, 4.69) is 51.9 Å². The summed E-state index contributed by atoms with van der Waals surface area (Å²) in [5.74, 6) is 2.38. The van der Waals surface area contributed by atoms with Gasteiger partial charge in [0.15, 0.2) is 5.96 Å². The van der Waals surface area contributed by atoms with Crippen molar-refractivity contribution in [3.05, 3.63) is 0 Å². The molecule has 1 heterocycles. The minimum Gasteiger partial charge on any atom is -0.381 e. The minimum atomic E-state index is 0. The van der Waals surface area contributed by atoms with Crippen LogP contribution >= 0.6 is 24.0 Å². The maximum atomic E-state index is 5.47. The summed E-state index contributed by atoms with van der Waals surface area (Å²) >= 11 is 0. The van der Waals surface area contributed by atoms with Crippen molar-refractivity contribution in [3.8, 4) is 0 Å². The van der Waals surface area contributed by atoms with E-state index in [1.165, 1.54) is 12.8 Å². The van der Waals surface area contributed by atoms with E-state index in [1.54, 1.807) is 0 Å². The molecule has 0 amide bonds. The molecular formula is C17H36IN3O. The van der Waals surface area contributed by atoms with Gasteiger partial charge in [-0.1, -0.05) is 27.7 Å². The summed E-state index contributed by atoms with van der Waals surface area (Å²) in [6.45, 7) is 15.9. The second-order valence-electron chi connectivity index (χ2n) is 7.54. The lowest BCUT2D eigenvalue weighted by atomic mass is 9.84. The maximum absolute atomic E-state index is 5.47. The van der Waals surface area contributed by atoms with Gasteiger partial charge in [0, 0.05) is 39.2 Å². The normalized spacial score (nSPS) is 19.2. The first-order chi connectivity index (χ1) is 9.84. The lowest BCUT2D eigenvalue weighted by Gasteiger charge is -2.28. The number of aliphatic imine (C=N–C) groups is 1. The number of hydrogen-bond donors (Lipinski definition) is 1. The first kappa shape index (κ1) is 22.0. The third-order valence-corrected chi connectivity index (χ3v) is 3.87. The van der Waals surface area contributed by atoms with Gasteiger partial charge in [-0.2, -0.15) is 0 Å². The highest BCUT2D eigenvalue weighted by atomic mass is 127. The Morgan fingerprint density at radius 1 is 1.41 bits per heavy atom. The standard InChI is InChI=1S/C17H35N3O.HI/c1-7-18-16(19-13-17(4,5)10-14(2)3)20(6)11-15-8-9-21-12-15;/h14-15H,7-13H2,1-6H3,(H,18,19);1H. The Balaban J connectivity index is 0.00000441. The molecule has 0 saturated carbocycles. The third-order valence-electron chi connectivity index (χ3n) is 3.87. The summed E-state index contributed by atoms with van der Waals surface area (Å²) in [4.78, 5) is 7.13. The molecule has 1 aliphatic rings. The summed E-state index contributed by atoms with van der Waals surface area (Å²) < 4.78 is 5.47. The molecule has 1 fully saturated rings. The molecule has 1 unspecified atom stereocenters. The molecule has 0 radical (unpaired) electrons. The SMILES string of the molecule is CCNC(=NCC(C)(C)CC(C)C)N(C)CC1CCOC1.I. The van der Waals surface area contributed by atoms with Crippen LogP contribution < -0.4 is 5.32 Å². The Labute approximate surface area is 154 Å². The molecule has 22 heavy (non-hydrogen) atoms. The minimum absolute atomic E-state index is 0. The van der Waals surface area contributed by atoms with E-state index in [-0.39, 0.29) is 29.4 Å². The molecule has 0 aromatic rings. The van der Waals surface area contributed by atoms with Crippen molar-refractivity contribution in [2.75, 3.05) is 39.9 Å². The lowest BCUT2D eigenvalue weighted by molar-refractivity contribution is 0.181. The van der Waals surface area contributed by atoms with Gasteiger partial charge in [-0.05, 0) is 31.1 Å². The van der Waals surface area contributed by atoms with Crippen molar-refractivity contribution < 1.29 is 4.74 Å². The fourth-order valence-corrected chi connectivity index (χ4v) is 3.13. The Kier molecular flexibility index (Phi) is 10.7. The molecule has 4 nitrogen and oxygen atoms in total. The Bertz CT molecular complexity index is 326. The Morgan fingerprint density at radius 3 is 2.59 bits per heavy atom. The van der Waals surface area contributed by atoms with Gasteiger partial charge in [0.05, 0.1) is 6.61 Å². The zero-order chi connectivity index (χ0) is 15.9. The molecule has 0 aromatic heterocycles. The van der Waals surface area contributed by atoms with E-state index in [4.69, 9.17) is 9.73 Å². The highest BCUT2D eigenvalue weighted by Crippen LogP contribution is 2.25. The molecular weight excluding hydrogens is 389 g/mol. The third kappa shape index (κ3) is 8.56. The zero-order valence-electron chi connectivity index (χ0n) is 15.3. The van der Waals surface area contributed by atoms with Gasteiger partial charge in [-0.3, -0.25) is 4.99 Å². The number of rotatable bonds is 7. The van der Waals surface area contributed by atoms with E-state index in [9.17, 15) is 0 Å². The average molecular weight is 425 g/mol. The van der Waals surface area contributed by atoms with E-state index < -0.39 is 0 Å². The number of hydrogen-bond acceptors (Lipinski definition) is 2. The molecule has 0 spiro atoms.